The SMILES string of the molecule is CCCCCCCCCCCCCCCCCCCCCC(=O)O[C@H](COC(=O)CCCCCCCCCCC(C)CC)COP(=O)(O)OC[C@@H](O)COP(=O)(O)OC[C@@H](COC(=O)CCCCCCCCCC)OC(=O)CCCCCCCCCCC. The molecule has 0 bridgehead atoms. The van der Waals surface area contributed by atoms with Crippen molar-refractivity contribution < 1.29 is 80.2 Å². The van der Waals surface area contributed by atoms with E-state index in [1.54, 1.807) is 0 Å². The number of aliphatic hydroxyl groups excluding tert-OH is 1. The van der Waals surface area contributed by atoms with E-state index in [9.17, 15) is 43.2 Å². The molecule has 0 fully saturated rings. The van der Waals surface area contributed by atoms with Gasteiger partial charge in [-0.15, -0.1) is 0 Å². The van der Waals surface area contributed by atoms with Crippen LogP contribution in [0.25, 0.3) is 0 Å². The lowest BCUT2D eigenvalue weighted by molar-refractivity contribution is -0.161. The van der Waals surface area contributed by atoms with Gasteiger partial charge in [0.05, 0.1) is 26.4 Å². The molecular formula is C69H134O17P2. The van der Waals surface area contributed by atoms with Crippen molar-refractivity contribution in [2.45, 2.75) is 374 Å². The average Bonchev–Trinajstić information content (AvgIpc) is 3.53. The van der Waals surface area contributed by atoms with Gasteiger partial charge in [-0.1, -0.05) is 304 Å². The number of hydrogen-bond acceptors (Lipinski definition) is 15. The molecule has 0 aliphatic carbocycles. The zero-order chi connectivity index (χ0) is 64.9. The molecule has 0 radical (unpaired) electrons. The normalized spacial score (nSPS) is 14.4. The van der Waals surface area contributed by atoms with Gasteiger partial charge in [-0.25, -0.2) is 9.13 Å². The Hall–Kier alpha value is -1.94. The summed E-state index contributed by atoms with van der Waals surface area (Å²) in [6, 6.07) is 0. The molecule has 17 nitrogen and oxygen atoms in total. The predicted octanol–water partition coefficient (Wildman–Crippen LogP) is 19.7. The summed E-state index contributed by atoms with van der Waals surface area (Å²) in [5.41, 5.74) is 0. The fraction of sp³-hybridized carbons (Fsp3) is 0.942. The number of phosphoric ester groups is 2. The first kappa shape index (κ1) is 86.1. The third-order valence-electron chi connectivity index (χ3n) is 16.4. The lowest BCUT2D eigenvalue weighted by atomic mass is 9.99. The van der Waals surface area contributed by atoms with E-state index in [0.29, 0.717) is 25.7 Å². The molecule has 0 heterocycles. The van der Waals surface area contributed by atoms with Gasteiger partial charge in [0.25, 0.3) is 0 Å². The first-order valence-electron chi connectivity index (χ1n) is 36.2. The quantitative estimate of drug-likeness (QED) is 0.0222. The minimum absolute atomic E-state index is 0.106. The highest BCUT2D eigenvalue weighted by molar-refractivity contribution is 7.47. The maximum absolute atomic E-state index is 13.0. The van der Waals surface area contributed by atoms with Crippen LogP contribution in [-0.2, 0) is 65.4 Å². The first-order valence-corrected chi connectivity index (χ1v) is 39.2. The molecule has 0 aromatic carbocycles. The molecule has 0 aromatic heterocycles. The molecular weight excluding hydrogens is 1160 g/mol. The lowest BCUT2D eigenvalue weighted by Gasteiger charge is -2.21. The second-order valence-electron chi connectivity index (χ2n) is 25.2. The van der Waals surface area contributed by atoms with Gasteiger partial charge in [-0.3, -0.25) is 37.3 Å². The van der Waals surface area contributed by atoms with Crippen LogP contribution in [0.2, 0.25) is 0 Å². The van der Waals surface area contributed by atoms with Gasteiger partial charge >= 0.3 is 39.5 Å². The molecule has 522 valence electrons. The van der Waals surface area contributed by atoms with Crippen molar-refractivity contribution in [3.63, 3.8) is 0 Å². The Morgan fingerprint density at radius 3 is 0.807 bits per heavy atom. The topological polar surface area (TPSA) is 237 Å². The van der Waals surface area contributed by atoms with Crippen molar-refractivity contribution in [3.8, 4) is 0 Å². The van der Waals surface area contributed by atoms with Crippen molar-refractivity contribution in [1.29, 1.82) is 0 Å². The Bertz CT molecular complexity index is 1710. The fourth-order valence-corrected chi connectivity index (χ4v) is 12.0. The second kappa shape index (κ2) is 62.5. The monoisotopic (exact) mass is 1300 g/mol. The van der Waals surface area contributed by atoms with Gasteiger partial charge in [0.1, 0.15) is 19.3 Å². The molecule has 0 spiro atoms. The zero-order valence-corrected chi connectivity index (χ0v) is 58.6. The van der Waals surface area contributed by atoms with E-state index in [2.05, 4.69) is 34.6 Å². The third-order valence-corrected chi connectivity index (χ3v) is 18.3. The van der Waals surface area contributed by atoms with Crippen molar-refractivity contribution in [3.05, 3.63) is 0 Å². The van der Waals surface area contributed by atoms with Crippen LogP contribution in [0.3, 0.4) is 0 Å². The number of carbonyl (C=O) groups is 4. The Balaban J connectivity index is 5.17. The summed E-state index contributed by atoms with van der Waals surface area (Å²) in [7, 11) is -9.89. The molecule has 0 saturated heterocycles. The number of aliphatic hydroxyl groups is 1. The molecule has 3 N–H and O–H groups in total. The number of ether oxygens (including phenoxy) is 4. The van der Waals surface area contributed by atoms with Crippen molar-refractivity contribution in [1.82, 2.24) is 0 Å². The van der Waals surface area contributed by atoms with Crippen molar-refractivity contribution >= 4 is 39.5 Å². The summed E-state index contributed by atoms with van der Waals surface area (Å²) in [4.78, 5) is 72.3. The number of hydrogen-bond donors (Lipinski definition) is 3. The van der Waals surface area contributed by atoms with E-state index in [-0.39, 0.29) is 25.7 Å². The van der Waals surface area contributed by atoms with Crippen LogP contribution in [0.5, 0.6) is 0 Å². The van der Waals surface area contributed by atoms with Gasteiger partial charge in [0.15, 0.2) is 12.2 Å². The highest BCUT2D eigenvalue weighted by atomic mass is 31.2. The van der Waals surface area contributed by atoms with Gasteiger partial charge in [-0.2, -0.15) is 0 Å². The molecule has 3 unspecified atom stereocenters. The van der Waals surface area contributed by atoms with Crippen LogP contribution in [0.4, 0.5) is 0 Å². The largest absolute Gasteiger partial charge is 0.472 e. The molecule has 19 heteroatoms. The number of esters is 4. The van der Waals surface area contributed by atoms with E-state index in [4.69, 9.17) is 37.0 Å². The van der Waals surface area contributed by atoms with Gasteiger partial charge in [0.2, 0.25) is 0 Å². The maximum atomic E-state index is 13.0. The molecule has 0 saturated carbocycles. The van der Waals surface area contributed by atoms with Gasteiger partial charge in [0, 0.05) is 25.7 Å². The maximum Gasteiger partial charge on any atom is 0.472 e. The third kappa shape index (κ3) is 61.6. The van der Waals surface area contributed by atoms with E-state index >= 15 is 0 Å². The fourth-order valence-electron chi connectivity index (χ4n) is 10.4. The van der Waals surface area contributed by atoms with Crippen LogP contribution >= 0.6 is 15.6 Å². The first-order chi connectivity index (χ1) is 42.6. The number of phosphoric acid groups is 2. The highest BCUT2D eigenvalue weighted by Gasteiger charge is 2.30. The van der Waals surface area contributed by atoms with Crippen LogP contribution in [-0.4, -0.2) is 96.7 Å². The lowest BCUT2D eigenvalue weighted by Crippen LogP contribution is -2.30. The minimum atomic E-state index is -4.95. The van der Waals surface area contributed by atoms with Crippen LogP contribution in [0, 0.1) is 5.92 Å². The van der Waals surface area contributed by atoms with Crippen LogP contribution in [0.15, 0.2) is 0 Å². The smallest absolute Gasteiger partial charge is 0.462 e. The number of rotatable bonds is 69. The van der Waals surface area contributed by atoms with Crippen LogP contribution in [0.1, 0.15) is 356 Å². The summed E-state index contributed by atoms with van der Waals surface area (Å²) in [5, 5.41) is 10.6. The average molecular weight is 1300 g/mol. The molecule has 0 aliphatic heterocycles. The van der Waals surface area contributed by atoms with Crippen molar-refractivity contribution in [2.75, 3.05) is 39.6 Å². The zero-order valence-electron chi connectivity index (χ0n) is 56.9. The Morgan fingerprint density at radius 1 is 0.318 bits per heavy atom. The van der Waals surface area contributed by atoms with Crippen molar-refractivity contribution in [2.24, 2.45) is 5.92 Å². The number of unbranched alkanes of at least 4 members (excludes halogenated alkanes) is 40. The molecule has 88 heavy (non-hydrogen) atoms. The molecule has 6 atom stereocenters. The Kier molecular flexibility index (Phi) is 61.1. The van der Waals surface area contributed by atoms with E-state index < -0.39 is 97.5 Å². The Morgan fingerprint density at radius 2 is 0.545 bits per heavy atom. The summed E-state index contributed by atoms with van der Waals surface area (Å²) < 4.78 is 68.1. The molecule has 0 amide bonds. The predicted molar refractivity (Wildman–Crippen MR) is 354 cm³/mol. The second-order valence-corrected chi connectivity index (χ2v) is 28.1. The standard InChI is InChI=1S/C69H134O17P2/c1-6-10-13-16-19-22-23-24-25-26-27-28-29-30-31-33-40-45-50-55-69(74)86-65(59-80-67(72)53-48-43-38-35-34-36-41-46-51-62(5)9-4)61-84-88(77,78)82-57-63(70)56-81-87(75,76)83-60-64(58-79-66(71)52-47-42-37-21-18-15-12-8-3)85-68(73)54-49-44-39-32-20-17-14-11-7-2/h62-65,70H,6-61H2,1-5H3,(H,75,76)(H,77,78)/t62?,63-,64+,65+/m0/s1. The van der Waals surface area contributed by atoms with E-state index in [1.165, 1.54) is 173 Å². The molecule has 0 rings (SSSR count). The molecule has 0 aliphatic rings. The van der Waals surface area contributed by atoms with Gasteiger partial charge < -0.3 is 33.8 Å². The Labute approximate surface area is 537 Å². The summed E-state index contributed by atoms with van der Waals surface area (Å²) in [6.07, 6.45) is 48.7. The summed E-state index contributed by atoms with van der Waals surface area (Å²) in [6.45, 7) is 7.20. The van der Waals surface area contributed by atoms with E-state index in [0.717, 1.165) is 102 Å². The highest BCUT2D eigenvalue weighted by Crippen LogP contribution is 2.45. The van der Waals surface area contributed by atoms with Gasteiger partial charge in [-0.05, 0) is 31.6 Å². The van der Waals surface area contributed by atoms with E-state index in [1.807, 2.05) is 0 Å². The minimum Gasteiger partial charge on any atom is -0.462 e. The molecule has 0 aromatic rings. The summed E-state index contributed by atoms with van der Waals surface area (Å²) >= 11 is 0. The summed E-state index contributed by atoms with van der Waals surface area (Å²) in [5.74, 6) is -1.35. The van der Waals surface area contributed by atoms with Crippen LogP contribution < -0.4 is 0 Å². The number of carbonyl (C=O) groups excluding carboxylic acids is 4.